The van der Waals surface area contributed by atoms with E-state index < -0.39 is 16.6 Å². The van der Waals surface area contributed by atoms with Crippen LogP contribution in [0.4, 0.5) is 0 Å². The summed E-state index contributed by atoms with van der Waals surface area (Å²) in [5, 5.41) is 3.66. The summed E-state index contributed by atoms with van der Waals surface area (Å²) in [4.78, 5) is 13.1. The number of carbonyl (C=O) groups is 1. The van der Waals surface area contributed by atoms with Crippen molar-refractivity contribution in [2.24, 2.45) is 0 Å². The number of nitrogens with one attached hydrogen (secondary N) is 1. The van der Waals surface area contributed by atoms with Crippen LogP contribution in [0.5, 0.6) is 11.5 Å². The summed E-state index contributed by atoms with van der Waals surface area (Å²) in [6.45, 7) is 2.84. The SMILES string of the molecule is COc1ccc2c3c1O[C@@]1(C)C(=O)CC[C@@]4(OC)[C@@H](C2)NCC[C@]314. The standard InChI is InChI=1S/C19H23NO4/c1-17-14(21)6-7-19(23-3)13-10-11-4-5-12(22-2)16(24-17)15(11)18(17,19)8-9-20-13/h4-5,13,20H,6-10H2,1-3H3/t13-,17+,18+,19-/m1/s1. The molecule has 2 fully saturated rings. The second-order valence-electron chi connectivity index (χ2n) is 7.65. The highest BCUT2D eigenvalue weighted by Gasteiger charge is 2.77. The molecule has 24 heavy (non-hydrogen) atoms. The van der Waals surface area contributed by atoms with Gasteiger partial charge >= 0.3 is 0 Å². The minimum absolute atomic E-state index is 0.182. The molecule has 1 aromatic carbocycles. The van der Waals surface area contributed by atoms with Crippen molar-refractivity contribution in [3.8, 4) is 11.5 Å². The normalized spacial score (nSPS) is 41.6. The molecule has 2 bridgehead atoms. The van der Waals surface area contributed by atoms with E-state index in [9.17, 15) is 4.79 Å². The molecule has 1 spiro atoms. The molecule has 0 amide bonds. The van der Waals surface area contributed by atoms with Gasteiger partial charge in [-0.1, -0.05) is 6.07 Å². The number of piperidine rings is 1. The lowest BCUT2D eigenvalue weighted by atomic mass is 9.45. The van der Waals surface area contributed by atoms with E-state index in [0.29, 0.717) is 12.2 Å². The van der Waals surface area contributed by atoms with Gasteiger partial charge in [-0.05, 0) is 44.4 Å². The van der Waals surface area contributed by atoms with Gasteiger partial charge in [-0.2, -0.15) is 0 Å². The summed E-state index contributed by atoms with van der Waals surface area (Å²) in [5.74, 6) is 1.66. The van der Waals surface area contributed by atoms with Gasteiger partial charge in [0.2, 0.25) is 0 Å². The molecule has 1 saturated heterocycles. The average molecular weight is 329 g/mol. The van der Waals surface area contributed by atoms with E-state index in [1.807, 2.05) is 13.0 Å². The monoisotopic (exact) mass is 329 g/mol. The van der Waals surface area contributed by atoms with Crippen LogP contribution in [0.25, 0.3) is 0 Å². The van der Waals surface area contributed by atoms with Crippen LogP contribution < -0.4 is 14.8 Å². The van der Waals surface area contributed by atoms with E-state index in [4.69, 9.17) is 14.2 Å². The Morgan fingerprint density at radius 3 is 2.88 bits per heavy atom. The first-order valence-electron chi connectivity index (χ1n) is 8.75. The fourth-order valence-corrected chi connectivity index (χ4v) is 6.22. The molecular weight excluding hydrogens is 306 g/mol. The van der Waals surface area contributed by atoms with E-state index in [1.165, 1.54) is 5.56 Å². The van der Waals surface area contributed by atoms with Crippen molar-refractivity contribution in [1.29, 1.82) is 0 Å². The van der Waals surface area contributed by atoms with Crippen LogP contribution in [0.2, 0.25) is 0 Å². The maximum absolute atomic E-state index is 13.1. The van der Waals surface area contributed by atoms with Gasteiger partial charge in [-0.25, -0.2) is 0 Å². The van der Waals surface area contributed by atoms with Crippen molar-refractivity contribution in [2.75, 3.05) is 20.8 Å². The first-order valence-corrected chi connectivity index (χ1v) is 8.75. The van der Waals surface area contributed by atoms with Gasteiger partial charge in [0.1, 0.15) is 0 Å². The lowest BCUT2D eigenvalue weighted by Crippen LogP contribution is -2.80. The summed E-state index contributed by atoms with van der Waals surface area (Å²) < 4.78 is 18.3. The van der Waals surface area contributed by atoms with Crippen molar-refractivity contribution < 1.29 is 19.0 Å². The summed E-state index contributed by atoms with van der Waals surface area (Å²) in [5.41, 5.74) is 0.704. The number of methoxy groups -OCH3 is 2. The first-order chi connectivity index (χ1) is 11.5. The van der Waals surface area contributed by atoms with Crippen molar-refractivity contribution in [2.45, 2.75) is 55.3 Å². The van der Waals surface area contributed by atoms with Crippen LogP contribution in [0.15, 0.2) is 12.1 Å². The van der Waals surface area contributed by atoms with E-state index in [1.54, 1.807) is 14.2 Å². The molecule has 2 aliphatic heterocycles. The number of ketones is 1. The Morgan fingerprint density at radius 2 is 2.12 bits per heavy atom. The maximum atomic E-state index is 13.1. The van der Waals surface area contributed by atoms with Gasteiger partial charge in [0, 0.05) is 25.1 Å². The quantitative estimate of drug-likeness (QED) is 0.896. The highest BCUT2D eigenvalue weighted by Crippen LogP contribution is 2.68. The molecule has 1 aromatic rings. The second kappa shape index (κ2) is 4.33. The van der Waals surface area contributed by atoms with Crippen LogP contribution >= 0.6 is 0 Å². The van der Waals surface area contributed by atoms with Crippen molar-refractivity contribution >= 4 is 5.78 Å². The predicted octanol–water partition coefficient (Wildman–Crippen LogP) is 1.75. The molecule has 4 aliphatic rings. The topological polar surface area (TPSA) is 56.8 Å². The fourth-order valence-electron chi connectivity index (χ4n) is 6.22. The lowest BCUT2D eigenvalue weighted by Gasteiger charge is -2.64. The third kappa shape index (κ3) is 1.25. The van der Waals surface area contributed by atoms with Gasteiger partial charge < -0.3 is 19.5 Å². The molecule has 5 rings (SSSR count). The second-order valence-corrected chi connectivity index (χ2v) is 7.65. The van der Waals surface area contributed by atoms with Crippen LogP contribution in [0.3, 0.4) is 0 Å². The Labute approximate surface area is 141 Å². The lowest BCUT2D eigenvalue weighted by molar-refractivity contribution is -0.199. The first kappa shape index (κ1) is 14.7. The van der Waals surface area contributed by atoms with Gasteiger partial charge in [0.05, 0.1) is 18.1 Å². The van der Waals surface area contributed by atoms with E-state index in [-0.39, 0.29) is 11.8 Å². The molecular formula is C19H23NO4. The summed E-state index contributed by atoms with van der Waals surface area (Å²) in [6.07, 6.45) is 2.98. The van der Waals surface area contributed by atoms with Crippen molar-refractivity contribution in [3.63, 3.8) is 0 Å². The minimum atomic E-state index is -0.881. The third-order valence-corrected chi connectivity index (χ3v) is 7.20. The number of hydrogen-bond acceptors (Lipinski definition) is 5. The predicted molar refractivity (Wildman–Crippen MR) is 87.8 cm³/mol. The number of Topliss-reactive ketones (excluding diaryl/α,β-unsaturated/α-hetero) is 1. The molecule has 1 saturated carbocycles. The molecule has 2 heterocycles. The van der Waals surface area contributed by atoms with Crippen LogP contribution in [0.1, 0.15) is 37.3 Å². The van der Waals surface area contributed by atoms with Crippen molar-refractivity contribution in [1.82, 2.24) is 5.32 Å². The summed E-state index contributed by atoms with van der Waals surface area (Å²) in [7, 11) is 3.45. The van der Waals surface area contributed by atoms with Crippen molar-refractivity contribution in [3.05, 3.63) is 23.3 Å². The van der Waals surface area contributed by atoms with Gasteiger partial charge in [-0.3, -0.25) is 4.79 Å². The molecule has 5 heteroatoms. The third-order valence-electron chi connectivity index (χ3n) is 7.20. The zero-order chi connectivity index (χ0) is 16.7. The molecule has 0 aromatic heterocycles. The molecule has 5 nitrogen and oxygen atoms in total. The Kier molecular flexibility index (Phi) is 2.65. The Hall–Kier alpha value is -1.59. The van der Waals surface area contributed by atoms with Gasteiger partial charge in [0.15, 0.2) is 22.9 Å². The van der Waals surface area contributed by atoms with E-state index in [0.717, 1.165) is 37.1 Å². The fraction of sp³-hybridized carbons (Fsp3) is 0.632. The van der Waals surface area contributed by atoms with Gasteiger partial charge in [0.25, 0.3) is 0 Å². The van der Waals surface area contributed by atoms with Crippen LogP contribution in [-0.4, -0.2) is 43.8 Å². The zero-order valence-corrected chi connectivity index (χ0v) is 14.4. The van der Waals surface area contributed by atoms with Gasteiger partial charge in [-0.15, -0.1) is 0 Å². The largest absolute Gasteiger partial charge is 0.493 e. The molecule has 1 N–H and O–H groups in total. The molecule has 2 aliphatic carbocycles. The molecule has 4 atom stereocenters. The van der Waals surface area contributed by atoms with Crippen LogP contribution in [0, 0.1) is 0 Å². The average Bonchev–Trinajstić information content (AvgIpc) is 2.85. The Bertz CT molecular complexity index is 762. The molecule has 0 unspecified atom stereocenters. The highest BCUT2D eigenvalue weighted by molar-refractivity contribution is 5.94. The number of carbonyl (C=O) groups excluding carboxylic acids is 1. The Morgan fingerprint density at radius 1 is 1.29 bits per heavy atom. The molecule has 0 radical (unpaired) electrons. The van der Waals surface area contributed by atoms with E-state index in [2.05, 4.69) is 11.4 Å². The minimum Gasteiger partial charge on any atom is -0.493 e. The molecule has 128 valence electrons. The highest BCUT2D eigenvalue weighted by atomic mass is 16.5. The summed E-state index contributed by atoms with van der Waals surface area (Å²) in [6, 6.07) is 4.30. The zero-order valence-electron chi connectivity index (χ0n) is 14.4. The number of rotatable bonds is 2. The Balaban J connectivity index is 1.91. The van der Waals surface area contributed by atoms with Crippen LogP contribution in [-0.2, 0) is 21.4 Å². The van der Waals surface area contributed by atoms with E-state index >= 15 is 0 Å². The summed E-state index contributed by atoms with van der Waals surface area (Å²) >= 11 is 0. The smallest absolute Gasteiger partial charge is 0.177 e. The number of hydrogen-bond donors (Lipinski definition) is 1. The number of benzene rings is 1. The number of ether oxygens (including phenoxy) is 3. The maximum Gasteiger partial charge on any atom is 0.177 e.